The molecule has 1 amide bonds. The van der Waals surface area contributed by atoms with Crippen molar-refractivity contribution in [1.29, 1.82) is 0 Å². The van der Waals surface area contributed by atoms with Gasteiger partial charge in [0.1, 0.15) is 12.4 Å². The van der Waals surface area contributed by atoms with Gasteiger partial charge in [-0.15, -0.1) is 0 Å². The molecule has 0 fully saturated rings. The van der Waals surface area contributed by atoms with Gasteiger partial charge in [-0.2, -0.15) is 10.1 Å². The Balaban J connectivity index is 1.60. The Morgan fingerprint density at radius 2 is 1.97 bits per heavy atom. The molecule has 4 rings (SSSR count). The molecule has 36 heavy (non-hydrogen) atoms. The number of nitro benzene ring substituents is 1. The van der Waals surface area contributed by atoms with Gasteiger partial charge in [-0.25, -0.2) is 9.18 Å². The Bertz CT molecular complexity index is 1450. The molecule has 0 aromatic heterocycles. The van der Waals surface area contributed by atoms with Crippen LogP contribution in [0, 0.1) is 15.9 Å². The highest BCUT2D eigenvalue weighted by atomic mass is 35.5. The fourth-order valence-corrected chi connectivity index (χ4v) is 3.72. The van der Waals surface area contributed by atoms with E-state index in [1.165, 1.54) is 60.7 Å². The zero-order chi connectivity index (χ0) is 26.0. The van der Waals surface area contributed by atoms with Crippen LogP contribution in [0.4, 0.5) is 15.8 Å². The maximum atomic E-state index is 14.0. The number of hydrazone groups is 1. The van der Waals surface area contributed by atoms with Crippen LogP contribution in [-0.2, 0) is 11.4 Å². The van der Waals surface area contributed by atoms with Gasteiger partial charge in [-0.05, 0) is 55.0 Å². The minimum absolute atomic E-state index is 0.00605. The molecule has 3 aromatic rings. The number of carboxylic acid groups (broad SMARTS) is 1. The van der Waals surface area contributed by atoms with Crippen LogP contribution >= 0.6 is 11.6 Å². The van der Waals surface area contributed by atoms with Gasteiger partial charge in [0.05, 0.1) is 32.5 Å². The van der Waals surface area contributed by atoms with Crippen molar-refractivity contribution < 1.29 is 28.7 Å². The van der Waals surface area contributed by atoms with Gasteiger partial charge < -0.3 is 9.84 Å². The predicted molar refractivity (Wildman–Crippen MR) is 131 cm³/mol. The number of rotatable bonds is 7. The summed E-state index contributed by atoms with van der Waals surface area (Å²) in [4.78, 5) is 35.3. The molecule has 0 radical (unpaired) electrons. The van der Waals surface area contributed by atoms with Crippen molar-refractivity contribution in [1.82, 2.24) is 0 Å². The number of aromatic carboxylic acids is 1. The first-order valence-electron chi connectivity index (χ1n) is 10.4. The molecular formula is C25H17ClFN3O6. The number of carboxylic acids is 1. The average molecular weight is 510 g/mol. The summed E-state index contributed by atoms with van der Waals surface area (Å²) in [5, 5.41) is 26.3. The fourth-order valence-electron chi connectivity index (χ4n) is 3.51. The third-order valence-electron chi connectivity index (χ3n) is 5.32. The summed E-state index contributed by atoms with van der Waals surface area (Å²) in [5.41, 5.74) is 0.794. The summed E-state index contributed by atoms with van der Waals surface area (Å²) in [6, 6.07) is 13.9. The van der Waals surface area contributed by atoms with Crippen molar-refractivity contribution >= 4 is 46.6 Å². The van der Waals surface area contributed by atoms with Gasteiger partial charge in [0, 0.05) is 11.6 Å². The Hall–Kier alpha value is -4.57. The highest BCUT2D eigenvalue weighted by Crippen LogP contribution is 2.32. The molecule has 0 bridgehead atoms. The molecule has 182 valence electrons. The second-order valence-corrected chi connectivity index (χ2v) is 8.10. The third kappa shape index (κ3) is 4.93. The van der Waals surface area contributed by atoms with E-state index in [-0.39, 0.29) is 45.5 Å². The molecule has 0 aliphatic carbocycles. The largest absolute Gasteiger partial charge is 0.482 e. The van der Waals surface area contributed by atoms with E-state index in [4.69, 9.17) is 16.3 Å². The second kappa shape index (κ2) is 9.96. The number of ether oxygens (including phenoxy) is 1. The van der Waals surface area contributed by atoms with Crippen molar-refractivity contribution in [2.24, 2.45) is 5.10 Å². The van der Waals surface area contributed by atoms with E-state index in [0.29, 0.717) is 11.3 Å². The lowest BCUT2D eigenvalue weighted by molar-refractivity contribution is -0.386. The minimum Gasteiger partial charge on any atom is -0.482 e. The minimum atomic E-state index is -1.15. The molecule has 1 N–H and O–H groups in total. The number of anilines is 1. The van der Waals surface area contributed by atoms with Crippen LogP contribution in [0.15, 0.2) is 71.3 Å². The van der Waals surface area contributed by atoms with E-state index in [1.54, 1.807) is 13.0 Å². The Kier molecular flexibility index (Phi) is 6.80. The van der Waals surface area contributed by atoms with Crippen LogP contribution in [0.25, 0.3) is 6.08 Å². The first kappa shape index (κ1) is 24.6. The van der Waals surface area contributed by atoms with Crippen LogP contribution in [0.5, 0.6) is 5.75 Å². The molecule has 0 unspecified atom stereocenters. The number of nitrogens with zero attached hydrogens (tertiary/aromatic N) is 3. The highest BCUT2D eigenvalue weighted by Gasteiger charge is 2.29. The van der Waals surface area contributed by atoms with Crippen molar-refractivity contribution in [3.8, 4) is 5.75 Å². The average Bonchev–Trinajstić information content (AvgIpc) is 3.12. The normalized spacial score (nSPS) is 14.2. The number of benzene rings is 3. The van der Waals surface area contributed by atoms with Crippen LogP contribution in [-0.4, -0.2) is 27.6 Å². The van der Waals surface area contributed by atoms with Crippen LogP contribution in [0.2, 0.25) is 5.02 Å². The van der Waals surface area contributed by atoms with Crippen molar-refractivity contribution in [3.05, 3.63) is 104 Å². The number of hydrogen-bond acceptors (Lipinski definition) is 6. The Morgan fingerprint density at radius 1 is 1.22 bits per heavy atom. The standard InChI is InChI=1S/C25H17ClFN3O6/c1-14-18(24(31)29(28-14)17-5-2-4-16(12-17)25(32)33)10-15-8-9-23(22(11-15)30(34)35)36-13-19-20(26)6-3-7-21(19)27/h2-12H,13H2,1H3,(H,32,33)/b18-10-. The summed E-state index contributed by atoms with van der Waals surface area (Å²) in [7, 11) is 0. The van der Waals surface area contributed by atoms with Crippen LogP contribution in [0.3, 0.4) is 0 Å². The molecule has 1 heterocycles. The number of hydrogen-bond donors (Lipinski definition) is 1. The summed E-state index contributed by atoms with van der Waals surface area (Å²) in [5.74, 6) is -2.37. The van der Waals surface area contributed by atoms with Crippen molar-refractivity contribution in [3.63, 3.8) is 0 Å². The number of carbonyl (C=O) groups excluding carboxylic acids is 1. The molecule has 1 aliphatic heterocycles. The first-order valence-corrected chi connectivity index (χ1v) is 10.8. The first-order chi connectivity index (χ1) is 17.2. The second-order valence-electron chi connectivity index (χ2n) is 7.69. The molecular weight excluding hydrogens is 493 g/mol. The number of carbonyl (C=O) groups is 2. The Morgan fingerprint density at radius 3 is 2.67 bits per heavy atom. The molecule has 0 saturated heterocycles. The SMILES string of the molecule is CC1=NN(c2cccc(C(=O)O)c2)C(=O)/C1=C\c1ccc(OCc2c(F)cccc2Cl)c([N+](=O)[O-])c1. The maximum Gasteiger partial charge on any atom is 0.335 e. The van der Waals surface area contributed by atoms with Gasteiger partial charge in [0.25, 0.3) is 5.91 Å². The smallest absolute Gasteiger partial charge is 0.335 e. The zero-order valence-electron chi connectivity index (χ0n) is 18.6. The lowest BCUT2D eigenvalue weighted by atomic mass is 10.1. The van der Waals surface area contributed by atoms with Gasteiger partial charge in [0.15, 0.2) is 5.75 Å². The third-order valence-corrected chi connectivity index (χ3v) is 5.68. The van der Waals surface area contributed by atoms with E-state index in [2.05, 4.69) is 5.10 Å². The predicted octanol–water partition coefficient (Wildman–Crippen LogP) is 5.47. The van der Waals surface area contributed by atoms with Gasteiger partial charge in [0.2, 0.25) is 0 Å². The molecule has 0 atom stereocenters. The van der Waals surface area contributed by atoms with E-state index in [0.717, 1.165) is 5.01 Å². The summed E-state index contributed by atoms with van der Waals surface area (Å²) < 4.78 is 19.5. The number of nitro groups is 1. The molecule has 0 spiro atoms. The van der Waals surface area contributed by atoms with Gasteiger partial charge >= 0.3 is 11.7 Å². The number of halogens is 2. The summed E-state index contributed by atoms with van der Waals surface area (Å²) in [6.07, 6.45) is 1.44. The molecule has 11 heteroatoms. The molecule has 3 aromatic carbocycles. The summed E-state index contributed by atoms with van der Waals surface area (Å²) >= 11 is 5.99. The zero-order valence-corrected chi connectivity index (χ0v) is 19.4. The van der Waals surface area contributed by atoms with Crippen LogP contribution in [0.1, 0.15) is 28.4 Å². The quantitative estimate of drug-likeness (QED) is 0.256. The van der Waals surface area contributed by atoms with Crippen LogP contribution < -0.4 is 9.75 Å². The summed E-state index contributed by atoms with van der Waals surface area (Å²) in [6.45, 7) is 1.27. The lowest BCUT2D eigenvalue weighted by Crippen LogP contribution is -2.21. The maximum absolute atomic E-state index is 14.0. The molecule has 9 nitrogen and oxygen atoms in total. The fraction of sp³-hybridized carbons (Fsp3) is 0.0800. The molecule has 0 saturated carbocycles. The van der Waals surface area contributed by atoms with Crippen molar-refractivity contribution in [2.75, 3.05) is 5.01 Å². The Labute approximate surface area is 208 Å². The molecule has 1 aliphatic rings. The van der Waals surface area contributed by atoms with E-state index in [9.17, 15) is 29.2 Å². The lowest BCUT2D eigenvalue weighted by Gasteiger charge is -2.12. The highest BCUT2D eigenvalue weighted by molar-refractivity contribution is 6.32. The van der Waals surface area contributed by atoms with Gasteiger partial charge in [-0.1, -0.05) is 29.8 Å². The van der Waals surface area contributed by atoms with E-state index < -0.39 is 22.6 Å². The number of amides is 1. The topological polar surface area (TPSA) is 122 Å². The monoisotopic (exact) mass is 509 g/mol. The van der Waals surface area contributed by atoms with E-state index >= 15 is 0 Å². The van der Waals surface area contributed by atoms with Gasteiger partial charge in [-0.3, -0.25) is 14.9 Å². The van der Waals surface area contributed by atoms with E-state index in [1.807, 2.05) is 0 Å². The van der Waals surface area contributed by atoms with Crippen molar-refractivity contribution in [2.45, 2.75) is 13.5 Å².